The molecule has 1 amide bonds. The first-order valence-corrected chi connectivity index (χ1v) is 10.5. The molecule has 2 aromatic carbocycles. The number of ether oxygens (including phenoxy) is 3. The molecule has 0 radical (unpaired) electrons. The molecule has 1 N–H and O–H groups in total. The van der Waals surface area contributed by atoms with Crippen LogP contribution in [0.1, 0.15) is 23.6 Å². The molecule has 0 heterocycles. The lowest BCUT2D eigenvalue weighted by atomic mass is 10.0. The summed E-state index contributed by atoms with van der Waals surface area (Å²) in [6.45, 7) is 7.46. The van der Waals surface area contributed by atoms with E-state index >= 15 is 0 Å². The van der Waals surface area contributed by atoms with E-state index in [4.69, 9.17) is 21.1 Å². The zero-order valence-electron chi connectivity index (χ0n) is 18.7. The van der Waals surface area contributed by atoms with E-state index in [0.717, 1.165) is 5.56 Å². The summed E-state index contributed by atoms with van der Waals surface area (Å²) in [5.74, 6) is -0.371. The average molecular weight is 469 g/mol. The minimum atomic E-state index is -0.577. The second kappa shape index (κ2) is 12.3. The lowest BCUT2D eigenvalue weighted by Gasteiger charge is -2.16. The first kappa shape index (κ1) is 25.5. The van der Waals surface area contributed by atoms with Gasteiger partial charge in [0, 0.05) is 16.3 Å². The van der Waals surface area contributed by atoms with E-state index in [0.29, 0.717) is 46.4 Å². The van der Waals surface area contributed by atoms with Crippen molar-refractivity contribution in [3.63, 3.8) is 0 Å². The number of esters is 1. The van der Waals surface area contributed by atoms with Gasteiger partial charge in [-0.15, -0.1) is 6.58 Å². The highest BCUT2D eigenvalue weighted by molar-refractivity contribution is 6.31. The Kier molecular flexibility index (Phi) is 9.52. The number of nitriles is 1. The van der Waals surface area contributed by atoms with Gasteiger partial charge in [0.2, 0.25) is 0 Å². The summed E-state index contributed by atoms with van der Waals surface area (Å²) in [6.07, 6.45) is 3.53. The van der Waals surface area contributed by atoms with Gasteiger partial charge in [-0.25, -0.2) is 4.79 Å². The van der Waals surface area contributed by atoms with E-state index in [2.05, 4.69) is 16.6 Å². The number of amides is 1. The fourth-order valence-electron chi connectivity index (χ4n) is 2.87. The van der Waals surface area contributed by atoms with Crippen molar-refractivity contribution in [3.8, 4) is 17.6 Å². The van der Waals surface area contributed by atoms with Crippen LogP contribution in [0.5, 0.6) is 11.5 Å². The van der Waals surface area contributed by atoms with Gasteiger partial charge in [0.1, 0.15) is 11.6 Å². The van der Waals surface area contributed by atoms with Crippen molar-refractivity contribution in [1.82, 2.24) is 0 Å². The summed E-state index contributed by atoms with van der Waals surface area (Å²) < 4.78 is 16.0. The SMILES string of the molecule is C=CCc1cc(/C=C(/C#N)C(=O)Nc2ccc(C)c(Cl)c2)cc(OCC)c1OCC(=O)OC. The number of carbonyl (C=O) groups is 2. The molecule has 172 valence electrons. The summed E-state index contributed by atoms with van der Waals surface area (Å²) >= 11 is 6.11. The van der Waals surface area contributed by atoms with Crippen molar-refractivity contribution in [2.24, 2.45) is 0 Å². The minimum absolute atomic E-state index is 0.109. The second-order valence-electron chi connectivity index (χ2n) is 6.89. The molecule has 0 spiro atoms. The molecule has 0 atom stereocenters. The molecule has 0 bridgehead atoms. The van der Waals surface area contributed by atoms with Crippen molar-refractivity contribution >= 4 is 35.2 Å². The van der Waals surface area contributed by atoms with Crippen LogP contribution < -0.4 is 14.8 Å². The van der Waals surface area contributed by atoms with Gasteiger partial charge in [-0.2, -0.15) is 5.26 Å². The van der Waals surface area contributed by atoms with Gasteiger partial charge >= 0.3 is 5.97 Å². The summed E-state index contributed by atoms with van der Waals surface area (Å²) in [6, 6.07) is 10.4. The predicted molar refractivity (Wildman–Crippen MR) is 127 cm³/mol. The normalized spacial score (nSPS) is 10.7. The van der Waals surface area contributed by atoms with E-state index < -0.39 is 11.9 Å². The van der Waals surface area contributed by atoms with Crippen LogP contribution in [-0.2, 0) is 20.7 Å². The van der Waals surface area contributed by atoms with Crippen LogP contribution in [0.3, 0.4) is 0 Å². The van der Waals surface area contributed by atoms with Crippen LogP contribution in [0.15, 0.2) is 48.6 Å². The Morgan fingerprint density at radius 3 is 2.61 bits per heavy atom. The van der Waals surface area contributed by atoms with Gasteiger partial charge in [0.05, 0.1) is 13.7 Å². The van der Waals surface area contributed by atoms with Gasteiger partial charge in [0.15, 0.2) is 18.1 Å². The fourth-order valence-corrected chi connectivity index (χ4v) is 3.06. The number of nitrogens with one attached hydrogen (secondary N) is 1. The zero-order valence-corrected chi connectivity index (χ0v) is 19.5. The molecule has 0 saturated carbocycles. The number of nitrogens with zero attached hydrogens (tertiary/aromatic N) is 1. The topological polar surface area (TPSA) is 97.7 Å². The Morgan fingerprint density at radius 1 is 1.24 bits per heavy atom. The molecule has 0 aliphatic carbocycles. The molecule has 8 heteroatoms. The smallest absolute Gasteiger partial charge is 0.343 e. The average Bonchev–Trinajstić information content (AvgIpc) is 2.79. The summed E-state index contributed by atoms with van der Waals surface area (Å²) in [5.41, 5.74) is 2.47. The zero-order chi connectivity index (χ0) is 24.4. The van der Waals surface area contributed by atoms with Crippen molar-refractivity contribution in [2.75, 3.05) is 25.6 Å². The van der Waals surface area contributed by atoms with E-state index in [9.17, 15) is 14.9 Å². The number of hydrogen-bond donors (Lipinski definition) is 1. The maximum absolute atomic E-state index is 12.7. The Morgan fingerprint density at radius 2 is 2.00 bits per heavy atom. The van der Waals surface area contributed by atoms with Crippen molar-refractivity contribution in [1.29, 1.82) is 5.26 Å². The van der Waals surface area contributed by atoms with E-state index in [1.54, 1.807) is 43.3 Å². The molecule has 2 aromatic rings. The number of allylic oxidation sites excluding steroid dienone is 1. The lowest BCUT2D eigenvalue weighted by Crippen LogP contribution is -2.14. The van der Waals surface area contributed by atoms with E-state index in [1.807, 2.05) is 13.0 Å². The van der Waals surface area contributed by atoms with Crippen LogP contribution in [0, 0.1) is 18.3 Å². The monoisotopic (exact) mass is 468 g/mol. The van der Waals surface area contributed by atoms with Crippen LogP contribution in [-0.4, -0.2) is 32.2 Å². The van der Waals surface area contributed by atoms with Crippen molar-refractivity contribution in [3.05, 3.63) is 70.3 Å². The van der Waals surface area contributed by atoms with E-state index in [1.165, 1.54) is 13.2 Å². The number of carbonyl (C=O) groups excluding carboxylic acids is 2. The number of benzene rings is 2. The Hall–Kier alpha value is -3.76. The molecular weight excluding hydrogens is 444 g/mol. The Labute approximate surface area is 198 Å². The Balaban J connectivity index is 2.41. The molecule has 2 rings (SSSR count). The van der Waals surface area contributed by atoms with E-state index in [-0.39, 0.29) is 12.2 Å². The number of methoxy groups -OCH3 is 1. The van der Waals surface area contributed by atoms with Crippen LogP contribution in [0.4, 0.5) is 5.69 Å². The quantitative estimate of drug-likeness (QED) is 0.231. The minimum Gasteiger partial charge on any atom is -0.490 e. The molecule has 0 unspecified atom stereocenters. The predicted octanol–water partition coefficient (Wildman–Crippen LogP) is 4.87. The highest BCUT2D eigenvalue weighted by Crippen LogP contribution is 2.35. The molecule has 0 aliphatic heterocycles. The first-order valence-electron chi connectivity index (χ1n) is 10.1. The summed E-state index contributed by atoms with van der Waals surface area (Å²) in [7, 11) is 1.27. The highest BCUT2D eigenvalue weighted by Gasteiger charge is 2.16. The van der Waals surface area contributed by atoms with Crippen molar-refractivity contribution in [2.45, 2.75) is 20.3 Å². The standard InChI is InChI=1S/C25H25ClN2O5/c1-5-7-18-10-17(12-22(32-6-2)24(18)33-15-23(29)31-4)11-19(14-27)25(30)28-20-9-8-16(3)21(26)13-20/h5,8-13H,1,6-7,15H2,2-4H3,(H,28,30)/b19-11-. The van der Waals surface area contributed by atoms with Crippen LogP contribution >= 0.6 is 11.6 Å². The number of anilines is 1. The lowest BCUT2D eigenvalue weighted by molar-refractivity contribution is -0.142. The second-order valence-corrected chi connectivity index (χ2v) is 7.29. The number of halogens is 1. The van der Waals surface area contributed by atoms with Gasteiger partial charge in [0.25, 0.3) is 5.91 Å². The molecule has 0 saturated heterocycles. The van der Waals surface area contributed by atoms with Gasteiger partial charge in [-0.3, -0.25) is 4.79 Å². The number of hydrogen-bond acceptors (Lipinski definition) is 6. The summed E-state index contributed by atoms with van der Waals surface area (Å²) in [5, 5.41) is 12.8. The molecule has 7 nitrogen and oxygen atoms in total. The summed E-state index contributed by atoms with van der Waals surface area (Å²) in [4.78, 5) is 24.2. The molecule has 0 aliphatic rings. The third kappa shape index (κ3) is 7.13. The number of aryl methyl sites for hydroxylation is 1. The highest BCUT2D eigenvalue weighted by atomic mass is 35.5. The maximum atomic E-state index is 12.7. The first-order chi connectivity index (χ1) is 15.8. The van der Waals surface area contributed by atoms with Gasteiger partial charge < -0.3 is 19.5 Å². The third-order valence-electron chi connectivity index (χ3n) is 4.49. The number of rotatable bonds is 10. The van der Waals surface area contributed by atoms with Crippen molar-refractivity contribution < 1.29 is 23.8 Å². The molecule has 0 fully saturated rings. The maximum Gasteiger partial charge on any atom is 0.343 e. The molecule has 0 aromatic heterocycles. The van der Waals surface area contributed by atoms with Gasteiger partial charge in [-0.1, -0.05) is 23.7 Å². The third-order valence-corrected chi connectivity index (χ3v) is 4.89. The Bertz CT molecular complexity index is 1120. The molecular formula is C25H25ClN2O5. The molecule has 33 heavy (non-hydrogen) atoms. The van der Waals surface area contributed by atoms with Gasteiger partial charge in [-0.05, 0) is 61.7 Å². The largest absolute Gasteiger partial charge is 0.490 e. The fraction of sp³-hybridized carbons (Fsp3) is 0.240. The van der Waals surface area contributed by atoms with Crippen LogP contribution in [0.2, 0.25) is 5.02 Å². The van der Waals surface area contributed by atoms with Crippen LogP contribution in [0.25, 0.3) is 6.08 Å².